The van der Waals surface area contributed by atoms with E-state index in [9.17, 15) is 9.90 Å². The van der Waals surface area contributed by atoms with Gasteiger partial charge in [0.05, 0.1) is 0 Å². The molecule has 0 aliphatic carbocycles. The highest BCUT2D eigenvalue weighted by Gasteiger charge is 2.32. The lowest BCUT2D eigenvalue weighted by atomic mass is 10.1. The minimum atomic E-state index is -0.927. The maximum Gasteiger partial charge on any atom is 0.335 e. The van der Waals surface area contributed by atoms with Gasteiger partial charge < -0.3 is 9.84 Å². The second kappa shape index (κ2) is 3.80. The number of aliphatic hydroxyl groups is 1. The maximum atomic E-state index is 10.9. The van der Waals surface area contributed by atoms with Crippen LogP contribution in [0.15, 0.2) is 30.3 Å². The van der Waals surface area contributed by atoms with E-state index in [0.717, 1.165) is 5.56 Å². The molecular formula is C11H12O3. The van der Waals surface area contributed by atoms with Crippen LogP contribution in [0.1, 0.15) is 12.0 Å². The van der Waals surface area contributed by atoms with Crippen molar-refractivity contribution in [1.29, 1.82) is 0 Å². The summed E-state index contributed by atoms with van der Waals surface area (Å²) in [6, 6.07) is 9.81. The summed E-state index contributed by atoms with van der Waals surface area (Å²) in [4.78, 5) is 10.9. The van der Waals surface area contributed by atoms with E-state index in [-0.39, 0.29) is 6.10 Å². The SMILES string of the molecule is O=C1O[C@@H](Cc2ccccc2)C[C@@H]1O. The van der Waals surface area contributed by atoms with Crippen LogP contribution in [-0.4, -0.2) is 23.3 Å². The lowest BCUT2D eigenvalue weighted by Crippen LogP contribution is -2.11. The van der Waals surface area contributed by atoms with Gasteiger partial charge in [-0.3, -0.25) is 0 Å². The number of cyclic esters (lactones) is 1. The molecule has 1 aliphatic heterocycles. The fourth-order valence-corrected chi connectivity index (χ4v) is 1.64. The number of rotatable bonds is 2. The monoisotopic (exact) mass is 192 g/mol. The highest BCUT2D eigenvalue weighted by Crippen LogP contribution is 2.18. The molecule has 1 aromatic carbocycles. The van der Waals surface area contributed by atoms with Gasteiger partial charge in [-0.05, 0) is 5.56 Å². The van der Waals surface area contributed by atoms with Gasteiger partial charge >= 0.3 is 5.97 Å². The average molecular weight is 192 g/mol. The molecule has 74 valence electrons. The quantitative estimate of drug-likeness (QED) is 0.708. The largest absolute Gasteiger partial charge is 0.460 e. The molecule has 1 aliphatic rings. The number of hydrogen-bond donors (Lipinski definition) is 1. The molecule has 3 nitrogen and oxygen atoms in total. The van der Waals surface area contributed by atoms with Crippen LogP contribution < -0.4 is 0 Å². The van der Waals surface area contributed by atoms with Gasteiger partial charge in [-0.2, -0.15) is 0 Å². The van der Waals surface area contributed by atoms with Gasteiger partial charge in [0, 0.05) is 12.8 Å². The highest BCUT2D eigenvalue weighted by atomic mass is 16.6. The van der Waals surface area contributed by atoms with Gasteiger partial charge in [-0.25, -0.2) is 4.79 Å². The fourth-order valence-electron chi connectivity index (χ4n) is 1.64. The van der Waals surface area contributed by atoms with Crippen molar-refractivity contribution in [2.45, 2.75) is 25.0 Å². The van der Waals surface area contributed by atoms with Crippen molar-refractivity contribution in [2.24, 2.45) is 0 Å². The molecule has 1 heterocycles. The van der Waals surface area contributed by atoms with Crippen LogP contribution in [0, 0.1) is 0 Å². The number of carbonyl (C=O) groups is 1. The van der Waals surface area contributed by atoms with Crippen LogP contribution in [0.4, 0.5) is 0 Å². The number of esters is 1. The summed E-state index contributed by atoms with van der Waals surface area (Å²) in [7, 11) is 0. The summed E-state index contributed by atoms with van der Waals surface area (Å²) in [5.74, 6) is -0.495. The van der Waals surface area contributed by atoms with Gasteiger partial charge in [0.2, 0.25) is 0 Å². The van der Waals surface area contributed by atoms with E-state index in [4.69, 9.17) is 4.74 Å². The Hall–Kier alpha value is -1.35. The Balaban J connectivity index is 1.97. The predicted octanol–water partition coefficient (Wildman–Crippen LogP) is 0.905. The molecule has 1 saturated heterocycles. The molecule has 0 amide bonds. The van der Waals surface area contributed by atoms with E-state index in [2.05, 4.69) is 0 Å². The normalized spacial score (nSPS) is 26.2. The Morgan fingerprint density at radius 3 is 2.64 bits per heavy atom. The van der Waals surface area contributed by atoms with E-state index in [1.165, 1.54) is 0 Å². The van der Waals surface area contributed by atoms with Crippen molar-refractivity contribution >= 4 is 5.97 Å². The van der Waals surface area contributed by atoms with Crippen molar-refractivity contribution in [1.82, 2.24) is 0 Å². The molecule has 1 aromatic rings. The molecule has 2 rings (SSSR count). The molecule has 0 radical (unpaired) electrons. The summed E-state index contributed by atoms with van der Waals surface area (Å²) in [6.45, 7) is 0. The zero-order valence-electron chi connectivity index (χ0n) is 7.72. The standard InChI is InChI=1S/C11H12O3/c12-10-7-9(14-11(10)13)6-8-4-2-1-3-5-8/h1-5,9-10,12H,6-7H2/t9-,10-/m0/s1. The molecule has 1 N–H and O–H groups in total. The molecule has 0 aromatic heterocycles. The molecule has 0 spiro atoms. The Bertz CT molecular complexity index is 321. The third-order valence-electron chi connectivity index (χ3n) is 2.35. The van der Waals surface area contributed by atoms with Crippen LogP contribution in [0.3, 0.4) is 0 Å². The first-order valence-electron chi connectivity index (χ1n) is 4.68. The maximum absolute atomic E-state index is 10.9. The molecule has 2 atom stereocenters. The topological polar surface area (TPSA) is 46.5 Å². The van der Waals surface area contributed by atoms with Crippen molar-refractivity contribution in [2.75, 3.05) is 0 Å². The minimum absolute atomic E-state index is 0.167. The second-order valence-electron chi connectivity index (χ2n) is 3.50. The Morgan fingerprint density at radius 2 is 2.07 bits per heavy atom. The first kappa shape index (κ1) is 9.21. The van der Waals surface area contributed by atoms with Crippen LogP contribution in [-0.2, 0) is 16.0 Å². The predicted molar refractivity (Wildman–Crippen MR) is 50.6 cm³/mol. The fraction of sp³-hybridized carbons (Fsp3) is 0.364. The summed E-state index contributed by atoms with van der Waals surface area (Å²) < 4.78 is 4.99. The number of hydrogen-bond acceptors (Lipinski definition) is 3. The molecule has 1 fully saturated rings. The third kappa shape index (κ3) is 1.93. The molecule has 0 bridgehead atoms. The van der Waals surface area contributed by atoms with Crippen molar-refractivity contribution < 1.29 is 14.6 Å². The van der Waals surface area contributed by atoms with Gasteiger partial charge in [0.1, 0.15) is 6.10 Å². The van der Waals surface area contributed by atoms with E-state index in [1.54, 1.807) is 0 Å². The molecule has 0 unspecified atom stereocenters. The van der Waals surface area contributed by atoms with Gasteiger partial charge in [0.25, 0.3) is 0 Å². The average Bonchev–Trinajstić information content (AvgIpc) is 2.47. The highest BCUT2D eigenvalue weighted by molar-refractivity contribution is 5.76. The summed E-state index contributed by atoms with van der Waals surface area (Å²) >= 11 is 0. The van der Waals surface area contributed by atoms with Crippen LogP contribution >= 0.6 is 0 Å². The number of ether oxygens (including phenoxy) is 1. The van der Waals surface area contributed by atoms with Crippen LogP contribution in [0.25, 0.3) is 0 Å². The van der Waals surface area contributed by atoms with Gasteiger partial charge in [-0.15, -0.1) is 0 Å². The first-order chi connectivity index (χ1) is 6.75. The van der Waals surface area contributed by atoms with Gasteiger partial charge in [0.15, 0.2) is 6.10 Å². The Morgan fingerprint density at radius 1 is 1.36 bits per heavy atom. The number of carbonyl (C=O) groups excluding carboxylic acids is 1. The van der Waals surface area contributed by atoms with E-state index < -0.39 is 12.1 Å². The Labute approximate surface area is 82.3 Å². The lowest BCUT2D eigenvalue weighted by Gasteiger charge is -2.07. The summed E-state index contributed by atoms with van der Waals surface area (Å²) in [5, 5.41) is 9.17. The van der Waals surface area contributed by atoms with E-state index in [1.807, 2.05) is 30.3 Å². The molecule has 14 heavy (non-hydrogen) atoms. The van der Waals surface area contributed by atoms with Crippen molar-refractivity contribution in [3.05, 3.63) is 35.9 Å². The van der Waals surface area contributed by atoms with Crippen LogP contribution in [0.5, 0.6) is 0 Å². The lowest BCUT2D eigenvalue weighted by molar-refractivity contribution is -0.147. The van der Waals surface area contributed by atoms with Gasteiger partial charge in [-0.1, -0.05) is 30.3 Å². The smallest absolute Gasteiger partial charge is 0.335 e. The molecule has 3 heteroatoms. The summed E-state index contributed by atoms with van der Waals surface area (Å²) in [5.41, 5.74) is 1.12. The molecule has 0 saturated carbocycles. The van der Waals surface area contributed by atoms with E-state index >= 15 is 0 Å². The minimum Gasteiger partial charge on any atom is -0.460 e. The zero-order valence-corrected chi connectivity index (χ0v) is 7.72. The number of benzene rings is 1. The third-order valence-corrected chi connectivity index (χ3v) is 2.35. The van der Waals surface area contributed by atoms with Crippen LogP contribution in [0.2, 0.25) is 0 Å². The summed E-state index contributed by atoms with van der Waals surface area (Å²) in [6.07, 6.45) is 0.000733. The Kier molecular flexibility index (Phi) is 2.50. The number of aliphatic hydroxyl groups excluding tert-OH is 1. The van der Waals surface area contributed by atoms with Crippen molar-refractivity contribution in [3.8, 4) is 0 Å². The van der Waals surface area contributed by atoms with Crippen molar-refractivity contribution in [3.63, 3.8) is 0 Å². The van der Waals surface area contributed by atoms with E-state index in [0.29, 0.717) is 12.8 Å². The first-order valence-corrected chi connectivity index (χ1v) is 4.68. The molecular weight excluding hydrogens is 180 g/mol. The second-order valence-corrected chi connectivity index (χ2v) is 3.50. The zero-order chi connectivity index (χ0) is 9.97.